The summed E-state index contributed by atoms with van der Waals surface area (Å²) in [6.45, 7) is 0. The van der Waals surface area contributed by atoms with Crippen LogP contribution in [0.5, 0.6) is 5.75 Å². The molecule has 0 aliphatic heterocycles. The Bertz CT molecular complexity index is 543. The van der Waals surface area contributed by atoms with Gasteiger partial charge in [0.25, 0.3) is 0 Å². The van der Waals surface area contributed by atoms with Crippen molar-refractivity contribution in [2.24, 2.45) is 0 Å². The van der Waals surface area contributed by atoms with Crippen molar-refractivity contribution in [3.05, 3.63) is 23.0 Å². The molecule has 0 aromatic carbocycles. The van der Waals surface area contributed by atoms with Gasteiger partial charge in [-0.1, -0.05) is 0 Å². The molecular formula is C10H6ClF6NO3. The predicted molar refractivity (Wildman–Crippen MR) is 56.8 cm³/mol. The molecule has 0 unspecified atom stereocenters. The fourth-order valence-electron chi connectivity index (χ4n) is 1.47. The van der Waals surface area contributed by atoms with E-state index in [0.717, 1.165) is 0 Å². The third-order valence-electron chi connectivity index (χ3n) is 2.15. The van der Waals surface area contributed by atoms with Crippen LogP contribution in [-0.2, 0) is 23.3 Å². The third kappa shape index (κ3) is 4.66. The van der Waals surface area contributed by atoms with Crippen LogP contribution < -0.4 is 4.74 Å². The van der Waals surface area contributed by atoms with Crippen LogP contribution in [0.1, 0.15) is 16.8 Å². The van der Waals surface area contributed by atoms with Gasteiger partial charge < -0.3 is 9.84 Å². The molecule has 0 aliphatic rings. The number of halogens is 7. The number of nitrogens with zero attached hydrogens (tertiary/aromatic N) is 1. The summed E-state index contributed by atoms with van der Waals surface area (Å²) in [7, 11) is 0. The number of aliphatic carboxylic acids is 1. The van der Waals surface area contributed by atoms with Crippen LogP contribution in [0, 0.1) is 0 Å². The van der Waals surface area contributed by atoms with Gasteiger partial charge in [-0.3, -0.25) is 9.78 Å². The van der Waals surface area contributed by atoms with E-state index in [1.807, 2.05) is 0 Å². The van der Waals surface area contributed by atoms with Gasteiger partial charge in [-0.05, 0) is 0 Å². The summed E-state index contributed by atoms with van der Waals surface area (Å²) >= 11 is 5.27. The lowest BCUT2D eigenvalue weighted by atomic mass is 10.1. The Balaban J connectivity index is 3.57. The lowest BCUT2D eigenvalue weighted by molar-refractivity contribution is -0.276. The lowest BCUT2D eigenvalue weighted by Gasteiger charge is -2.19. The zero-order valence-corrected chi connectivity index (χ0v) is 10.6. The first-order valence-electron chi connectivity index (χ1n) is 5.07. The molecule has 1 aromatic rings. The second-order valence-electron chi connectivity index (χ2n) is 3.68. The number of hydrogen-bond donors (Lipinski definition) is 1. The van der Waals surface area contributed by atoms with E-state index in [0.29, 0.717) is 6.20 Å². The lowest BCUT2D eigenvalue weighted by Crippen LogP contribution is -2.23. The second kappa shape index (κ2) is 5.96. The van der Waals surface area contributed by atoms with E-state index in [4.69, 9.17) is 16.7 Å². The minimum atomic E-state index is -5.40. The van der Waals surface area contributed by atoms with E-state index < -0.39 is 53.4 Å². The zero-order valence-electron chi connectivity index (χ0n) is 9.85. The number of carboxylic acids is 1. The summed E-state index contributed by atoms with van der Waals surface area (Å²) < 4.78 is 78.9. The van der Waals surface area contributed by atoms with Crippen LogP contribution >= 0.6 is 11.6 Å². The molecule has 0 aliphatic carbocycles. The number of carbonyl (C=O) groups is 1. The first-order valence-corrected chi connectivity index (χ1v) is 5.60. The SMILES string of the molecule is O=C(O)Cc1ncc(CCl)c(OC(F)(F)F)c1C(F)(F)F. The highest BCUT2D eigenvalue weighted by atomic mass is 35.5. The molecule has 0 amide bonds. The van der Waals surface area contributed by atoms with Gasteiger partial charge in [0.2, 0.25) is 0 Å². The largest absolute Gasteiger partial charge is 0.573 e. The van der Waals surface area contributed by atoms with Crippen molar-refractivity contribution >= 4 is 17.6 Å². The monoisotopic (exact) mass is 337 g/mol. The maximum atomic E-state index is 12.9. The summed E-state index contributed by atoms with van der Waals surface area (Å²) in [4.78, 5) is 13.7. The summed E-state index contributed by atoms with van der Waals surface area (Å²) in [6, 6.07) is 0. The number of rotatable bonds is 4. The quantitative estimate of drug-likeness (QED) is 0.676. The maximum Gasteiger partial charge on any atom is 0.573 e. The van der Waals surface area contributed by atoms with E-state index >= 15 is 0 Å². The topological polar surface area (TPSA) is 59.4 Å². The zero-order chi connectivity index (χ0) is 16.4. The van der Waals surface area contributed by atoms with Crippen molar-refractivity contribution < 1.29 is 41.0 Å². The highest BCUT2D eigenvalue weighted by molar-refractivity contribution is 6.17. The molecular weight excluding hydrogens is 332 g/mol. The van der Waals surface area contributed by atoms with Crippen LogP contribution in [0.15, 0.2) is 6.20 Å². The molecule has 21 heavy (non-hydrogen) atoms. The van der Waals surface area contributed by atoms with Crippen molar-refractivity contribution in [3.63, 3.8) is 0 Å². The Morgan fingerprint density at radius 1 is 1.29 bits per heavy atom. The summed E-state index contributed by atoms with van der Waals surface area (Å²) in [5.41, 5.74) is -3.65. The van der Waals surface area contributed by atoms with Crippen LogP contribution in [-0.4, -0.2) is 22.4 Å². The third-order valence-corrected chi connectivity index (χ3v) is 2.44. The number of hydrogen-bond acceptors (Lipinski definition) is 3. The Morgan fingerprint density at radius 3 is 2.24 bits per heavy atom. The Kier molecular flexibility index (Phi) is 4.92. The van der Waals surface area contributed by atoms with E-state index in [9.17, 15) is 31.1 Å². The van der Waals surface area contributed by atoms with Crippen molar-refractivity contribution in [1.82, 2.24) is 4.98 Å². The van der Waals surface area contributed by atoms with Gasteiger partial charge in [0.15, 0.2) is 0 Å². The van der Waals surface area contributed by atoms with Gasteiger partial charge in [-0.2, -0.15) is 13.2 Å². The molecule has 1 aromatic heterocycles. The fraction of sp³-hybridized carbons (Fsp3) is 0.400. The van der Waals surface area contributed by atoms with Crippen molar-refractivity contribution in [1.29, 1.82) is 0 Å². The average molecular weight is 338 g/mol. The van der Waals surface area contributed by atoms with Crippen LogP contribution in [0.2, 0.25) is 0 Å². The second-order valence-corrected chi connectivity index (χ2v) is 3.95. The van der Waals surface area contributed by atoms with Crippen molar-refractivity contribution in [2.75, 3.05) is 0 Å². The predicted octanol–water partition coefficient (Wildman–Crippen LogP) is 3.36. The highest BCUT2D eigenvalue weighted by Gasteiger charge is 2.43. The maximum absolute atomic E-state index is 12.9. The number of alkyl halides is 7. The fourth-order valence-corrected chi connectivity index (χ4v) is 1.66. The van der Waals surface area contributed by atoms with Gasteiger partial charge in [0.1, 0.15) is 11.3 Å². The van der Waals surface area contributed by atoms with Crippen molar-refractivity contribution in [2.45, 2.75) is 24.8 Å². The summed E-state index contributed by atoms with van der Waals surface area (Å²) in [5, 5.41) is 8.51. The van der Waals surface area contributed by atoms with E-state index in [1.54, 1.807) is 0 Å². The summed E-state index contributed by atoms with van der Waals surface area (Å²) in [5.74, 6) is -4.00. The molecule has 0 spiro atoms. The van der Waals surface area contributed by atoms with Crippen LogP contribution in [0.25, 0.3) is 0 Å². The molecule has 0 bridgehead atoms. The van der Waals surface area contributed by atoms with E-state index in [1.165, 1.54) is 0 Å². The van der Waals surface area contributed by atoms with Crippen LogP contribution in [0.4, 0.5) is 26.3 Å². The van der Waals surface area contributed by atoms with Gasteiger partial charge in [-0.25, -0.2) is 0 Å². The van der Waals surface area contributed by atoms with Crippen LogP contribution in [0.3, 0.4) is 0 Å². The molecule has 0 atom stereocenters. The Morgan fingerprint density at radius 2 is 1.86 bits per heavy atom. The Hall–Kier alpha value is -1.71. The van der Waals surface area contributed by atoms with Gasteiger partial charge in [0.05, 0.1) is 18.0 Å². The number of ether oxygens (including phenoxy) is 1. The summed E-state index contributed by atoms with van der Waals surface area (Å²) in [6.07, 6.45) is -11.3. The minimum absolute atomic E-state index is 0.613. The van der Waals surface area contributed by atoms with Gasteiger partial charge in [0, 0.05) is 11.8 Å². The first kappa shape index (κ1) is 17.3. The van der Waals surface area contributed by atoms with Gasteiger partial charge >= 0.3 is 18.5 Å². The van der Waals surface area contributed by atoms with E-state index in [2.05, 4.69) is 9.72 Å². The smallest absolute Gasteiger partial charge is 0.481 e. The normalized spacial score (nSPS) is 12.3. The Labute approximate surface area is 118 Å². The molecule has 1 rings (SSSR count). The highest BCUT2D eigenvalue weighted by Crippen LogP contribution is 2.42. The molecule has 0 fully saturated rings. The average Bonchev–Trinajstić information content (AvgIpc) is 2.24. The van der Waals surface area contributed by atoms with Gasteiger partial charge in [-0.15, -0.1) is 24.8 Å². The molecule has 0 saturated heterocycles. The molecule has 1 N–H and O–H groups in total. The van der Waals surface area contributed by atoms with Crippen molar-refractivity contribution in [3.8, 4) is 5.75 Å². The number of pyridine rings is 1. The number of carboxylic acid groups (broad SMARTS) is 1. The standard InChI is InChI=1S/C10H6ClF6NO3/c11-2-4-3-18-5(1-6(19)20)7(9(12,13)14)8(4)21-10(15,16)17/h3H,1-2H2,(H,19,20). The minimum Gasteiger partial charge on any atom is -0.481 e. The molecule has 4 nitrogen and oxygen atoms in total. The first-order chi connectivity index (χ1) is 9.45. The number of aromatic nitrogens is 1. The van der Waals surface area contributed by atoms with E-state index in [-0.39, 0.29) is 0 Å². The molecule has 0 radical (unpaired) electrons. The molecule has 0 saturated carbocycles. The molecule has 118 valence electrons. The molecule has 1 heterocycles. The molecule has 11 heteroatoms.